The van der Waals surface area contributed by atoms with Crippen molar-refractivity contribution in [2.45, 2.75) is 40.0 Å². The molecule has 2 aromatic carbocycles. The lowest BCUT2D eigenvalue weighted by atomic mass is 10.0. The molecule has 0 fully saturated rings. The minimum atomic E-state index is -0.387. The first kappa shape index (κ1) is 20.6. The highest BCUT2D eigenvalue weighted by molar-refractivity contribution is 5.93. The SMILES string of the molecule is CCc1cccc(CC)c1N(CCNC(=O)Cc1ccccc1F)C(C)=O. The molecule has 0 aromatic heterocycles. The molecule has 0 aliphatic heterocycles. The summed E-state index contributed by atoms with van der Waals surface area (Å²) in [6, 6.07) is 12.3. The highest BCUT2D eigenvalue weighted by Gasteiger charge is 2.18. The van der Waals surface area contributed by atoms with Gasteiger partial charge < -0.3 is 10.2 Å². The van der Waals surface area contributed by atoms with Crippen LogP contribution in [0.1, 0.15) is 37.5 Å². The fourth-order valence-corrected chi connectivity index (χ4v) is 3.17. The van der Waals surface area contributed by atoms with Crippen molar-refractivity contribution in [1.82, 2.24) is 5.32 Å². The standard InChI is InChI=1S/C22H27FN2O2/c1-4-17-10-8-11-18(5-2)22(17)25(16(3)26)14-13-24-21(27)15-19-9-6-7-12-20(19)23/h6-12H,4-5,13-15H2,1-3H3,(H,24,27). The third-order valence-corrected chi connectivity index (χ3v) is 4.58. The molecule has 0 atom stereocenters. The number of hydrogen-bond donors (Lipinski definition) is 1. The normalized spacial score (nSPS) is 10.5. The van der Waals surface area contributed by atoms with E-state index in [1.807, 2.05) is 18.2 Å². The molecule has 144 valence electrons. The number of carbonyl (C=O) groups excluding carboxylic acids is 2. The second kappa shape index (κ2) is 9.86. The molecule has 0 spiro atoms. The smallest absolute Gasteiger partial charge is 0.224 e. The van der Waals surface area contributed by atoms with Crippen LogP contribution in [0, 0.1) is 5.82 Å². The van der Waals surface area contributed by atoms with E-state index in [2.05, 4.69) is 19.2 Å². The van der Waals surface area contributed by atoms with Crippen LogP contribution in [0.4, 0.5) is 10.1 Å². The van der Waals surface area contributed by atoms with Crippen LogP contribution in [0.25, 0.3) is 0 Å². The number of halogens is 1. The van der Waals surface area contributed by atoms with Gasteiger partial charge in [0.05, 0.1) is 12.1 Å². The summed E-state index contributed by atoms with van der Waals surface area (Å²) < 4.78 is 13.7. The molecule has 27 heavy (non-hydrogen) atoms. The molecule has 2 amide bonds. The van der Waals surface area contributed by atoms with Crippen molar-refractivity contribution in [3.05, 3.63) is 65.0 Å². The van der Waals surface area contributed by atoms with Gasteiger partial charge in [0.1, 0.15) is 5.82 Å². The minimum absolute atomic E-state index is 0.0154. The molecule has 0 saturated carbocycles. The molecule has 0 unspecified atom stereocenters. The maximum absolute atomic E-state index is 13.7. The Morgan fingerprint density at radius 2 is 1.56 bits per heavy atom. The molecule has 2 rings (SSSR count). The summed E-state index contributed by atoms with van der Waals surface area (Å²) in [5.74, 6) is -0.709. The maximum Gasteiger partial charge on any atom is 0.224 e. The van der Waals surface area contributed by atoms with Gasteiger partial charge in [-0.25, -0.2) is 4.39 Å². The van der Waals surface area contributed by atoms with Crippen molar-refractivity contribution in [3.8, 4) is 0 Å². The molecule has 1 N–H and O–H groups in total. The Morgan fingerprint density at radius 1 is 0.963 bits per heavy atom. The number of carbonyl (C=O) groups is 2. The molecule has 0 heterocycles. The third-order valence-electron chi connectivity index (χ3n) is 4.58. The predicted octanol–water partition coefficient (Wildman–Crippen LogP) is 3.66. The van der Waals surface area contributed by atoms with Gasteiger partial charge >= 0.3 is 0 Å². The van der Waals surface area contributed by atoms with E-state index in [1.165, 1.54) is 13.0 Å². The zero-order valence-electron chi connectivity index (χ0n) is 16.2. The van der Waals surface area contributed by atoms with Crippen molar-refractivity contribution in [2.24, 2.45) is 0 Å². The number of nitrogens with one attached hydrogen (secondary N) is 1. The molecule has 0 aliphatic carbocycles. The Hall–Kier alpha value is -2.69. The molecule has 0 bridgehead atoms. The van der Waals surface area contributed by atoms with Crippen molar-refractivity contribution >= 4 is 17.5 Å². The molecule has 0 saturated heterocycles. The van der Waals surface area contributed by atoms with Crippen LogP contribution in [0.3, 0.4) is 0 Å². The summed E-state index contributed by atoms with van der Waals surface area (Å²) >= 11 is 0. The molecule has 0 aliphatic rings. The first-order valence-electron chi connectivity index (χ1n) is 9.36. The first-order valence-corrected chi connectivity index (χ1v) is 9.36. The maximum atomic E-state index is 13.7. The number of rotatable bonds is 8. The summed E-state index contributed by atoms with van der Waals surface area (Å²) in [5.41, 5.74) is 3.53. The van der Waals surface area contributed by atoms with Gasteiger partial charge in [0.25, 0.3) is 0 Å². The van der Waals surface area contributed by atoms with Crippen molar-refractivity contribution < 1.29 is 14.0 Å². The Kier molecular flexibility index (Phi) is 7.53. The molecule has 2 aromatic rings. The Bertz CT molecular complexity index is 782. The molecule has 5 heteroatoms. The molecular formula is C22H27FN2O2. The Labute approximate surface area is 160 Å². The van der Waals surface area contributed by atoms with E-state index in [0.717, 1.165) is 29.7 Å². The molecule has 4 nitrogen and oxygen atoms in total. The summed E-state index contributed by atoms with van der Waals surface area (Å²) in [4.78, 5) is 26.1. The monoisotopic (exact) mass is 370 g/mol. The highest BCUT2D eigenvalue weighted by Crippen LogP contribution is 2.27. The van der Waals surface area contributed by atoms with Crippen molar-refractivity contribution in [3.63, 3.8) is 0 Å². The fourth-order valence-electron chi connectivity index (χ4n) is 3.17. The quantitative estimate of drug-likeness (QED) is 0.771. The number of nitrogens with zero attached hydrogens (tertiary/aromatic N) is 1. The van der Waals surface area contributed by atoms with Crippen LogP contribution >= 0.6 is 0 Å². The van der Waals surface area contributed by atoms with Gasteiger partial charge in [-0.05, 0) is 35.6 Å². The van der Waals surface area contributed by atoms with E-state index in [4.69, 9.17) is 0 Å². The molecule has 0 radical (unpaired) electrons. The average molecular weight is 370 g/mol. The van der Waals surface area contributed by atoms with Gasteiger partial charge in [0.15, 0.2) is 0 Å². The fraction of sp³-hybridized carbons (Fsp3) is 0.364. The van der Waals surface area contributed by atoms with E-state index in [0.29, 0.717) is 18.7 Å². The number of amides is 2. The summed E-state index contributed by atoms with van der Waals surface area (Å²) in [6.07, 6.45) is 1.64. The van der Waals surface area contributed by atoms with Gasteiger partial charge in [-0.1, -0.05) is 50.2 Å². The van der Waals surface area contributed by atoms with Gasteiger partial charge in [0, 0.05) is 20.0 Å². The van der Waals surface area contributed by atoms with E-state index in [9.17, 15) is 14.0 Å². The number of benzene rings is 2. The molecular weight excluding hydrogens is 343 g/mol. The Balaban J connectivity index is 2.05. The summed E-state index contributed by atoms with van der Waals surface area (Å²) in [6.45, 7) is 6.35. The van der Waals surface area contributed by atoms with E-state index < -0.39 is 0 Å². The van der Waals surface area contributed by atoms with Crippen LogP contribution < -0.4 is 10.2 Å². The lowest BCUT2D eigenvalue weighted by molar-refractivity contribution is -0.121. The summed E-state index contributed by atoms with van der Waals surface area (Å²) in [5, 5.41) is 2.79. The first-order chi connectivity index (χ1) is 13.0. The lowest BCUT2D eigenvalue weighted by Gasteiger charge is -2.26. The van der Waals surface area contributed by atoms with Gasteiger partial charge in [-0.15, -0.1) is 0 Å². The zero-order chi connectivity index (χ0) is 19.8. The minimum Gasteiger partial charge on any atom is -0.354 e. The van der Waals surface area contributed by atoms with Crippen LogP contribution in [0.5, 0.6) is 0 Å². The number of anilines is 1. The largest absolute Gasteiger partial charge is 0.354 e. The summed E-state index contributed by atoms with van der Waals surface area (Å²) in [7, 11) is 0. The van der Waals surface area contributed by atoms with Gasteiger partial charge in [-0.3, -0.25) is 9.59 Å². The van der Waals surface area contributed by atoms with Gasteiger partial charge in [-0.2, -0.15) is 0 Å². The van der Waals surface area contributed by atoms with E-state index in [-0.39, 0.29) is 24.1 Å². The van der Waals surface area contributed by atoms with Gasteiger partial charge in [0.2, 0.25) is 11.8 Å². The van der Waals surface area contributed by atoms with Crippen LogP contribution in [-0.2, 0) is 28.9 Å². The van der Waals surface area contributed by atoms with E-state index >= 15 is 0 Å². The van der Waals surface area contributed by atoms with Crippen LogP contribution in [0.15, 0.2) is 42.5 Å². The predicted molar refractivity (Wildman–Crippen MR) is 106 cm³/mol. The lowest BCUT2D eigenvalue weighted by Crippen LogP contribution is -2.39. The number of aryl methyl sites for hydroxylation is 2. The van der Waals surface area contributed by atoms with Crippen molar-refractivity contribution in [2.75, 3.05) is 18.0 Å². The second-order valence-electron chi connectivity index (χ2n) is 6.42. The third kappa shape index (κ3) is 5.39. The van der Waals surface area contributed by atoms with Crippen LogP contribution in [-0.4, -0.2) is 24.9 Å². The van der Waals surface area contributed by atoms with E-state index in [1.54, 1.807) is 23.1 Å². The van der Waals surface area contributed by atoms with Crippen LogP contribution in [0.2, 0.25) is 0 Å². The average Bonchev–Trinajstić information content (AvgIpc) is 2.66. The second-order valence-corrected chi connectivity index (χ2v) is 6.42. The zero-order valence-corrected chi connectivity index (χ0v) is 16.2. The topological polar surface area (TPSA) is 49.4 Å². The highest BCUT2D eigenvalue weighted by atomic mass is 19.1. The van der Waals surface area contributed by atoms with Crippen molar-refractivity contribution in [1.29, 1.82) is 0 Å². The Morgan fingerprint density at radius 3 is 2.11 bits per heavy atom. The number of hydrogen-bond acceptors (Lipinski definition) is 2. The number of para-hydroxylation sites is 1.